The second-order valence-corrected chi connectivity index (χ2v) is 4.76. The number of aliphatic hydroxyl groups excluding tert-OH is 1. The fourth-order valence-electron chi connectivity index (χ4n) is 2.62. The van der Waals surface area contributed by atoms with Crippen molar-refractivity contribution in [1.29, 1.82) is 0 Å². The summed E-state index contributed by atoms with van der Waals surface area (Å²) in [6.45, 7) is 10.2. The molecular formula is C13H28N2O2. The summed E-state index contributed by atoms with van der Waals surface area (Å²) in [5, 5.41) is 12.2. The number of piperidine rings is 1. The summed E-state index contributed by atoms with van der Waals surface area (Å²) in [4.78, 5) is 2.49. The van der Waals surface area contributed by atoms with Gasteiger partial charge in [0.25, 0.3) is 0 Å². The molecule has 0 aromatic carbocycles. The average Bonchev–Trinajstić information content (AvgIpc) is 2.36. The van der Waals surface area contributed by atoms with Crippen LogP contribution in [0.2, 0.25) is 0 Å². The number of ether oxygens (including phenoxy) is 1. The van der Waals surface area contributed by atoms with Gasteiger partial charge >= 0.3 is 0 Å². The first-order valence-electron chi connectivity index (χ1n) is 6.96. The summed E-state index contributed by atoms with van der Waals surface area (Å²) in [6, 6.07) is 0.694. The van der Waals surface area contributed by atoms with E-state index in [9.17, 15) is 0 Å². The number of hydrogen-bond acceptors (Lipinski definition) is 4. The Balaban J connectivity index is 2.22. The lowest BCUT2D eigenvalue weighted by molar-refractivity contribution is 0.0561. The van der Waals surface area contributed by atoms with E-state index < -0.39 is 0 Å². The molecule has 0 aliphatic carbocycles. The molecule has 2 unspecified atom stereocenters. The molecule has 0 radical (unpaired) electrons. The normalized spacial score (nSPS) is 26.3. The van der Waals surface area contributed by atoms with E-state index in [-0.39, 0.29) is 6.61 Å². The molecule has 1 rings (SSSR count). The van der Waals surface area contributed by atoms with Crippen LogP contribution in [-0.2, 0) is 4.74 Å². The van der Waals surface area contributed by atoms with E-state index in [4.69, 9.17) is 9.84 Å². The van der Waals surface area contributed by atoms with Gasteiger partial charge in [0, 0.05) is 19.1 Å². The number of rotatable bonds is 8. The van der Waals surface area contributed by atoms with Crippen LogP contribution in [0.15, 0.2) is 0 Å². The van der Waals surface area contributed by atoms with Crippen molar-refractivity contribution in [2.75, 3.05) is 46.0 Å². The van der Waals surface area contributed by atoms with Crippen LogP contribution in [0.25, 0.3) is 0 Å². The maximum atomic E-state index is 8.63. The fraction of sp³-hybridized carbons (Fsp3) is 1.00. The minimum absolute atomic E-state index is 0.125. The van der Waals surface area contributed by atoms with Crippen molar-refractivity contribution in [2.45, 2.75) is 32.7 Å². The molecule has 1 fully saturated rings. The predicted molar refractivity (Wildman–Crippen MR) is 70.2 cm³/mol. The van der Waals surface area contributed by atoms with E-state index in [1.165, 1.54) is 19.4 Å². The van der Waals surface area contributed by atoms with Gasteiger partial charge in [0.15, 0.2) is 0 Å². The van der Waals surface area contributed by atoms with Crippen molar-refractivity contribution in [2.24, 2.45) is 5.92 Å². The van der Waals surface area contributed by atoms with E-state index >= 15 is 0 Å². The van der Waals surface area contributed by atoms with Crippen LogP contribution in [0.5, 0.6) is 0 Å². The standard InChI is InChI=1S/C13H28N2O2/c1-3-12-11-15(7-9-17-10-8-16)6-5-13(12)14-4-2/h12-14,16H,3-11H2,1-2H3. The molecule has 0 aromatic rings. The minimum atomic E-state index is 0.125. The fourth-order valence-corrected chi connectivity index (χ4v) is 2.62. The molecule has 4 nitrogen and oxygen atoms in total. The first kappa shape index (κ1) is 14.9. The maximum absolute atomic E-state index is 8.63. The molecule has 17 heavy (non-hydrogen) atoms. The number of nitrogens with zero attached hydrogens (tertiary/aromatic N) is 1. The van der Waals surface area contributed by atoms with Gasteiger partial charge in [-0.15, -0.1) is 0 Å². The van der Waals surface area contributed by atoms with E-state index in [0.717, 1.165) is 32.2 Å². The van der Waals surface area contributed by atoms with Crippen molar-refractivity contribution in [1.82, 2.24) is 10.2 Å². The molecule has 0 amide bonds. The maximum Gasteiger partial charge on any atom is 0.0698 e. The number of nitrogens with one attached hydrogen (secondary N) is 1. The van der Waals surface area contributed by atoms with E-state index in [1.54, 1.807) is 0 Å². The van der Waals surface area contributed by atoms with Gasteiger partial charge in [-0.05, 0) is 25.4 Å². The molecule has 1 aliphatic rings. The summed E-state index contributed by atoms with van der Waals surface area (Å²) in [7, 11) is 0. The van der Waals surface area contributed by atoms with Crippen molar-refractivity contribution >= 4 is 0 Å². The van der Waals surface area contributed by atoms with Crippen LogP contribution in [0.3, 0.4) is 0 Å². The first-order chi connectivity index (χ1) is 8.31. The van der Waals surface area contributed by atoms with Crippen LogP contribution < -0.4 is 5.32 Å². The predicted octanol–water partition coefficient (Wildman–Crippen LogP) is 0.705. The summed E-state index contributed by atoms with van der Waals surface area (Å²) < 4.78 is 5.32. The third-order valence-corrected chi connectivity index (χ3v) is 3.60. The number of hydrogen-bond donors (Lipinski definition) is 2. The Labute approximate surface area is 105 Å². The van der Waals surface area contributed by atoms with Gasteiger partial charge in [0.05, 0.1) is 19.8 Å². The monoisotopic (exact) mass is 244 g/mol. The molecule has 4 heteroatoms. The zero-order valence-electron chi connectivity index (χ0n) is 11.3. The van der Waals surface area contributed by atoms with Crippen LogP contribution in [0.1, 0.15) is 26.7 Å². The topological polar surface area (TPSA) is 44.7 Å². The summed E-state index contributed by atoms with van der Waals surface area (Å²) in [5.41, 5.74) is 0. The smallest absolute Gasteiger partial charge is 0.0698 e. The largest absolute Gasteiger partial charge is 0.394 e. The molecule has 0 spiro atoms. The minimum Gasteiger partial charge on any atom is -0.394 e. The van der Waals surface area contributed by atoms with Crippen molar-refractivity contribution < 1.29 is 9.84 Å². The van der Waals surface area contributed by atoms with Crippen molar-refractivity contribution in [3.8, 4) is 0 Å². The molecule has 0 aromatic heterocycles. The highest BCUT2D eigenvalue weighted by atomic mass is 16.5. The highest BCUT2D eigenvalue weighted by Gasteiger charge is 2.26. The summed E-state index contributed by atoms with van der Waals surface area (Å²) in [6.07, 6.45) is 2.48. The Bertz CT molecular complexity index is 188. The molecule has 0 saturated carbocycles. The zero-order chi connectivity index (χ0) is 12.5. The molecule has 2 atom stereocenters. The highest BCUT2D eigenvalue weighted by Crippen LogP contribution is 2.19. The van der Waals surface area contributed by atoms with Gasteiger partial charge in [-0.3, -0.25) is 0 Å². The first-order valence-corrected chi connectivity index (χ1v) is 6.96. The Kier molecular flexibility index (Phi) is 7.77. The van der Waals surface area contributed by atoms with Gasteiger partial charge in [-0.1, -0.05) is 20.3 Å². The van der Waals surface area contributed by atoms with Crippen LogP contribution in [0, 0.1) is 5.92 Å². The van der Waals surface area contributed by atoms with Crippen LogP contribution in [-0.4, -0.2) is 62.0 Å². The van der Waals surface area contributed by atoms with Gasteiger partial charge < -0.3 is 20.1 Å². The third kappa shape index (κ3) is 5.34. The third-order valence-electron chi connectivity index (χ3n) is 3.60. The Morgan fingerprint density at radius 1 is 1.35 bits per heavy atom. The Morgan fingerprint density at radius 2 is 2.18 bits per heavy atom. The lowest BCUT2D eigenvalue weighted by Crippen LogP contribution is -2.49. The SMILES string of the molecule is CCNC1CCN(CCOCCO)CC1CC. The van der Waals surface area contributed by atoms with Gasteiger partial charge in [0.2, 0.25) is 0 Å². The molecule has 1 heterocycles. The van der Waals surface area contributed by atoms with E-state index in [0.29, 0.717) is 12.6 Å². The lowest BCUT2D eigenvalue weighted by Gasteiger charge is -2.38. The van der Waals surface area contributed by atoms with E-state index in [2.05, 4.69) is 24.1 Å². The van der Waals surface area contributed by atoms with Crippen molar-refractivity contribution in [3.05, 3.63) is 0 Å². The summed E-state index contributed by atoms with van der Waals surface area (Å²) >= 11 is 0. The van der Waals surface area contributed by atoms with Gasteiger partial charge in [-0.2, -0.15) is 0 Å². The second-order valence-electron chi connectivity index (χ2n) is 4.76. The molecule has 102 valence electrons. The van der Waals surface area contributed by atoms with E-state index in [1.807, 2.05) is 0 Å². The molecule has 1 aliphatic heterocycles. The van der Waals surface area contributed by atoms with Crippen LogP contribution >= 0.6 is 0 Å². The second kappa shape index (κ2) is 8.86. The zero-order valence-corrected chi connectivity index (χ0v) is 11.3. The van der Waals surface area contributed by atoms with Crippen LogP contribution in [0.4, 0.5) is 0 Å². The quantitative estimate of drug-likeness (QED) is 0.617. The van der Waals surface area contributed by atoms with Crippen molar-refractivity contribution in [3.63, 3.8) is 0 Å². The van der Waals surface area contributed by atoms with Gasteiger partial charge in [-0.25, -0.2) is 0 Å². The Morgan fingerprint density at radius 3 is 2.82 bits per heavy atom. The van der Waals surface area contributed by atoms with Gasteiger partial charge in [0.1, 0.15) is 0 Å². The Hall–Kier alpha value is -0.160. The molecule has 1 saturated heterocycles. The highest BCUT2D eigenvalue weighted by molar-refractivity contribution is 4.84. The number of likely N-dealkylation sites (tertiary alicyclic amines) is 1. The lowest BCUT2D eigenvalue weighted by atomic mass is 9.90. The average molecular weight is 244 g/mol. The molecular weight excluding hydrogens is 216 g/mol. The molecule has 0 bridgehead atoms. The number of aliphatic hydroxyl groups is 1. The summed E-state index contributed by atoms with van der Waals surface area (Å²) in [5.74, 6) is 0.765. The molecule has 2 N–H and O–H groups in total.